The molecule has 2 aliphatic carbocycles. The van der Waals surface area contributed by atoms with E-state index in [1.165, 1.54) is 11.0 Å². The van der Waals surface area contributed by atoms with Crippen molar-refractivity contribution in [1.29, 1.82) is 0 Å². The number of likely N-dealkylation sites (N-methyl/N-ethyl adjacent to an activating group) is 1. The largest absolute Gasteiger partial charge is 0.420 e. The lowest BCUT2D eigenvalue weighted by atomic mass is 10.0. The molecule has 4 heterocycles. The second-order valence-corrected chi connectivity index (χ2v) is 15.9. The second kappa shape index (κ2) is 10.9. The van der Waals surface area contributed by atoms with Gasteiger partial charge in [-0.1, -0.05) is 0 Å². The van der Waals surface area contributed by atoms with Crippen molar-refractivity contribution in [1.82, 2.24) is 19.8 Å². The lowest BCUT2D eigenvalue weighted by molar-refractivity contribution is -0.137. The van der Waals surface area contributed by atoms with Crippen molar-refractivity contribution in [3.05, 3.63) is 46.5 Å². The molecule has 2 aliphatic heterocycles. The maximum atomic E-state index is 14.2. The monoisotopic (exact) mass is 660 g/mol. The van der Waals surface area contributed by atoms with E-state index in [9.17, 15) is 26.4 Å². The van der Waals surface area contributed by atoms with Crippen LogP contribution in [0, 0.1) is 0 Å². The molecule has 0 bridgehead atoms. The minimum absolute atomic E-state index is 0.0279. The van der Waals surface area contributed by atoms with E-state index in [0.717, 1.165) is 73.2 Å². The van der Waals surface area contributed by atoms with Crippen LogP contribution in [0.5, 0.6) is 0 Å². The summed E-state index contributed by atoms with van der Waals surface area (Å²) in [7, 11) is -1.74. The van der Waals surface area contributed by atoms with E-state index in [0.29, 0.717) is 18.0 Å². The molecule has 1 saturated heterocycles. The number of halogens is 3. The lowest BCUT2D eigenvalue weighted by Gasteiger charge is -2.43. The molecule has 0 unspecified atom stereocenters. The van der Waals surface area contributed by atoms with Gasteiger partial charge in [0.1, 0.15) is 10.4 Å². The highest BCUT2D eigenvalue weighted by Gasteiger charge is 2.42. The molecule has 2 atom stereocenters. The molecule has 9 nitrogen and oxygen atoms in total. The molecule has 3 fully saturated rings. The summed E-state index contributed by atoms with van der Waals surface area (Å²) >= 11 is 0.745. The van der Waals surface area contributed by atoms with Gasteiger partial charge in [-0.25, -0.2) is 18.4 Å². The molecule has 0 spiro atoms. The Morgan fingerprint density at radius 2 is 1.76 bits per heavy atom. The van der Waals surface area contributed by atoms with Crippen molar-refractivity contribution in [2.24, 2.45) is 0 Å². The Hall–Kier alpha value is -3.23. The van der Waals surface area contributed by atoms with Gasteiger partial charge >= 0.3 is 6.18 Å². The van der Waals surface area contributed by atoms with Crippen LogP contribution in [0.25, 0.3) is 10.6 Å². The summed E-state index contributed by atoms with van der Waals surface area (Å²) in [5.74, 6) is -0.425. The number of fused-ring (bicyclic) bond motifs is 1. The summed E-state index contributed by atoms with van der Waals surface area (Å²) in [5, 5.41) is 3.16. The van der Waals surface area contributed by atoms with Crippen LogP contribution >= 0.6 is 11.3 Å². The van der Waals surface area contributed by atoms with Crippen LogP contribution in [0.3, 0.4) is 0 Å². The third kappa shape index (κ3) is 5.80. The average molecular weight is 661 g/mol. The van der Waals surface area contributed by atoms with Gasteiger partial charge in [-0.2, -0.15) is 13.2 Å². The van der Waals surface area contributed by atoms with Gasteiger partial charge in [-0.05, 0) is 82.3 Å². The van der Waals surface area contributed by atoms with Crippen molar-refractivity contribution in [2.75, 3.05) is 42.7 Å². The molecule has 2 saturated carbocycles. The van der Waals surface area contributed by atoms with E-state index < -0.39 is 33.2 Å². The number of benzene rings is 1. The van der Waals surface area contributed by atoms with Crippen LogP contribution in [-0.2, 0) is 16.0 Å². The molecule has 1 N–H and O–H groups in total. The predicted octanol–water partition coefficient (Wildman–Crippen LogP) is 5.77. The molecule has 3 aromatic rings. The Bertz CT molecular complexity index is 1760. The van der Waals surface area contributed by atoms with Gasteiger partial charge in [-0.15, -0.1) is 11.3 Å². The molecule has 2 aromatic heterocycles. The van der Waals surface area contributed by atoms with Gasteiger partial charge in [0.15, 0.2) is 9.84 Å². The number of nitrogens with one attached hydrogen (secondary N) is 1. The topological polar surface area (TPSA) is 98.7 Å². The molecule has 14 heteroatoms. The van der Waals surface area contributed by atoms with Crippen molar-refractivity contribution in [3.8, 4) is 10.6 Å². The van der Waals surface area contributed by atoms with Crippen molar-refractivity contribution in [3.63, 3.8) is 0 Å². The number of carbonyl (C=O) groups excluding carboxylic acids is 1. The van der Waals surface area contributed by atoms with Gasteiger partial charge in [-0.3, -0.25) is 9.69 Å². The van der Waals surface area contributed by atoms with Gasteiger partial charge in [0.2, 0.25) is 5.95 Å². The molecule has 45 heavy (non-hydrogen) atoms. The molecule has 1 amide bonds. The van der Waals surface area contributed by atoms with E-state index in [1.807, 2.05) is 12.1 Å². The summed E-state index contributed by atoms with van der Waals surface area (Å²) in [4.78, 5) is 27.6. The molecule has 7 rings (SSSR count). The maximum absolute atomic E-state index is 14.2. The number of anilines is 3. The predicted molar refractivity (Wildman–Crippen MR) is 167 cm³/mol. The van der Waals surface area contributed by atoms with E-state index in [4.69, 9.17) is 0 Å². The summed E-state index contributed by atoms with van der Waals surface area (Å²) in [5.41, 5.74) is 1.35. The van der Waals surface area contributed by atoms with Crippen LogP contribution in [0.1, 0.15) is 66.2 Å². The fourth-order valence-corrected chi connectivity index (χ4v) is 9.25. The number of piperazine rings is 1. The first kappa shape index (κ1) is 30.4. The molecule has 240 valence electrons. The fraction of sp³-hybridized carbons (Fsp3) is 0.516. The normalized spacial score (nSPS) is 24.0. The van der Waals surface area contributed by atoms with Gasteiger partial charge in [0.05, 0.1) is 21.2 Å². The van der Waals surface area contributed by atoms with E-state index in [2.05, 4.69) is 52.0 Å². The van der Waals surface area contributed by atoms with Gasteiger partial charge < -0.3 is 15.1 Å². The van der Waals surface area contributed by atoms with Crippen molar-refractivity contribution in [2.45, 2.75) is 74.6 Å². The van der Waals surface area contributed by atoms with Crippen LogP contribution in [0.2, 0.25) is 0 Å². The number of thiophene rings is 1. The fourth-order valence-electron chi connectivity index (χ4n) is 6.33. The number of hydrogen-bond acceptors (Lipinski definition) is 9. The third-order valence-corrected chi connectivity index (χ3v) is 12.4. The summed E-state index contributed by atoms with van der Waals surface area (Å²) in [6.07, 6.45) is -0.454. The number of sulfone groups is 1. The van der Waals surface area contributed by atoms with E-state index >= 15 is 0 Å². The van der Waals surface area contributed by atoms with Crippen LogP contribution in [0.15, 0.2) is 35.4 Å². The highest BCUT2D eigenvalue weighted by atomic mass is 32.2. The number of rotatable bonds is 6. The van der Waals surface area contributed by atoms with Crippen LogP contribution in [-0.4, -0.2) is 84.7 Å². The van der Waals surface area contributed by atoms with Crippen LogP contribution < -0.4 is 10.2 Å². The zero-order valence-corrected chi connectivity index (χ0v) is 26.9. The van der Waals surface area contributed by atoms with Crippen molar-refractivity contribution < 1.29 is 26.4 Å². The molecule has 1 aromatic carbocycles. The Balaban J connectivity index is 1.24. The van der Waals surface area contributed by atoms with Crippen LogP contribution in [0.4, 0.5) is 30.5 Å². The maximum Gasteiger partial charge on any atom is 0.420 e. The standard InChI is InChI=1S/C31H35F3N6O3S2/c1-17-15-39(16-18(2)38(17)3)21-8-9-24(22(12-21)19-4-5-19)36-30-35-14-23(31(32,33)34)27(37-30)25-13-26-28(44-25)29(41)40(20-6-7-20)10-11-45(26,42)43/h8-9,12-14,17-20H,4-7,10-11,15-16H2,1-3H3,(H,35,36,37)/t17-,18-/m0/s1. The first-order valence-electron chi connectivity index (χ1n) is 15.3. The summed E-state index contributed by atoms with van der Waals surface area (Å²) in [6.45, 7) is 6.28. The lowest BCUT2D eigenvalue weighted by Crippen LogP contribution is -2.55. The van der Waals surface area contributed by atoms with Gasteiger partial charge in [0.25, 0.3) is 5.91 Å². The number of alkyl halides is 3. The zero-order chi connectivity index (χ0) is 31.8. The zero-order valence-electron chi connectivity index (χ0n) is 25.3. The Kier molecular flexibility index (Phi) is 7.40. The highest BCUT2D eigenvalue weighted by Crippen LogP contribution is 2.46. The Morgan fingerprint density at radius 1 is 1.04 bits per heavy atom. The number of aromatic nitrogens is 2. The summed E-state index contributed by atoms with van der Waals surface area (Å²) in [6, 6.07) is 8.04. The molecular formula is C31H35F3N6O3S2. The first-order chi connectivity index (χ1) is 21.3. The highest BCUT2D eigenvalue weighted by molar-refractivity contribution is 7.91. The second-order valence-electron chi connectivity index (χ2n) is 12.7. The number of hydrogen-bond donors (Lipinski definition) is 1. The third-order valence-electron chi connectivity index (χ3n) is 9.43. The minimum atomic E-state index is -4.80. The van der Waals surface area contributed by atoms with Crippen molar-refractivity contribution >= 4 is 44.4 Å². The minimum Gasteiger partial charge on any atom is -0.368 e. The molecular weight excluding hydrogens is 626 g/mol. The SMILES string of the molecule is C[C@H]1CN(c2ccc(Nc3ncc(C(F)(F)F)c(-c4cc5c(s4)C(=O)N(C4CC4)CCS5(=O)=O)n3)c(C3CC3)c2)C[C@H](C)N1C. The Morgan fingerprint density at radius 3 is 2.40 bits per heavy atom. The number of carbonyl (C=O) groups is 1. The van der Waals surface area contributed by atoms with E-state index in [1.54, 1.807) is 0 Å². The quantitative estimate of drug-likeness (QED) is 0.356. The smallest absolute Gasteiger partial charge is 0.368 e. The van der Waals surface area contributed by atoms with E-state index in [-0.39, 0.29) is 38.9 Å². The number of amides is 1. The average Bonchev–Trinajstić information content (AvgIpc) is 3.93. The Labute approximate surface area is 264 Å². The first-order valence-corrected chi connectivity index (χ1v) is 17.8. The van der Waals surface area contributed by atoms with Gasteiger partial charge in [0, 0.05) is 55.3 Å². The molecule has 4 aliphatic rings. The summed E-state index contributed by atoms with van der Waals surface area (Å²) < 4.78 is 68.9. The molecule has 0 radical (unpaired) electrons. The number of nitrogens with zero attached hydrogens (tertiary/aromatic N) is 5.